The highest BCUT2D eigenvalue weighted by atomic mass is 16.5. The van der Waals surface area contributed by atoms with Gasteiger partial charge in [-0.05, 0) is 262 Å². The van der Waals surface area contributed by atoms with Crippen LogP contribution in [-0.4, -0.2) is 252 Å². The highest BCUT2D eigenvalue weighted by Crippen LogP contribution is 2.32. The van der Waals surface area contributed by atoms with E-state index in [2.05, 4.69) is 302 Å². The van der Waals surface area contributed by atoms with E-state index in [9.17, 15) is 4.79 Å². The van der Waals surface area contributed by atoms with Crippen LogP contribution in [0.4, 0.5) is 5.82 Å². The molecule has 2 aromatic heterocycles. The van der Waals surface area contributed by atoms with Gasteiger partial charge in [0, 0.05) is 180 Å². The van der Waals surface area contributed by atoms with Crippen LogP contribution in [0.2, 0.25) is 0 Å². The number of nitrogens with one attached hydrogen (secondary N) is 2. The molecule has 668 valence electrons. The Morgan fingerprint density at radius 2 is 0.921 bits per heavy atom. The van der Waals surface area contributed by atoms with E-state index in [4.69, 9.17) is 29.4 Å². The normalized spacial score (nSPS) is 20.6. The summed E-state index contributed by atoms with van der Waals surface area (Å²) >= 11 is 0. The summed E-state index contributed by atoms with van der Waals surface area (Å²) in [4.78, 5) is 38.3. The highest BCUT2D eigenvalue weighted by Gasteiger charge is 2.35. The minimum atomic E-state index is -0.0562. The van der Waals surface area contributed by atoms with Crippen molar-refractivity contribution in [2.24, 2.45) is 22.5 Å². The lowest BCUT2D eigenvalue weighted by molar-refractivity contribution is -0.133. The first-order chi connectivity index (χ1) is 51.9. The van der Waals surface area contributed by atoms with Crippen LogP contribution < -0.4 is 26.0 Å². The highest BCUT2D eigenvalue weighted by molar-refractivity contribution is 5.76. The second kappa shape index (κ2) is 48.5. The second-order valence-electron chi connectivity index (χ2n) is 45.8. The van der Waals surface area contributed by atoms with Crippen LogP contribution in [0.5, 0.6) is 5.75 Å². The third-order valence-electron chi connectivity index (χ3n) is 21.0. The van der Waals surface area contributed by atoms with Gasteiger partial charge in [0.2, 0.25) is 5.91 Å². The molecule has 6 heterocycles. The topological polar surface area (TPSA) is 162 Å². The van der Waals surface area contributed by atoms with Crippen molar-refractivity contribution >= 4 is 11.7 Å². The van der Waals surface area contributed by atoms with Gasteiger partial charge in [0.15, 0.2) is 0 Å². The van der Waals surface area contributed by atoms with Gasteiger partial charge < -0.3 is 54.8 Å². The van der Waals surface area contributed by atoms with E-state index < -0.39 is 0 Å². The third-order valence-corrected chi connectivity index (χ3v) is 21.0. The summed E-state index contributed by atoms with van der Waals surface area (Å²) in [6.07, 6.45) is 16.5. The molecule has 0 atom stereocenters. The lowest BCUT2D eigenvalue weighted by Gasteiger charge is -2.42. The number of unbranched alkanes of at least 4 members (excludes halogenated alkanes) is 1. The fourth-order valence-electron chi connectivity index (χ4n) is 13.9. The van der Waals surface area contributed by atoms with Gasteiger partial charge in [-0.3, -0.25) is 29.4 Å². The number of hydrogen-bond donors (Lipinski definition) is 3. The van der Waals surface area contributed by atoms with Crippen LogP contribution >= 0.6 is 0 Å². The first-order valence-corrected chi connectivity index (χ1v) is 45.1. The molecule has 2 saturated carbocycles. The minimum Gasteiger partial charge on any atom is -0.490 e. The maximum atomic E-state index is 12.2. The molecule has 18 heteroatoms. The molecule has 0 unspecified atom stereocenters. The summed E-state index contributed by atoms with van der Waals surface area (Å²) in [5, 5.41) is 7.32. The van der Waals surface area contributed by atoms with Gasteiger partial charge in [0.1, 0.15) is 17.7 Å². The van der Waals surface area contributed by atoms with Crippen molar-refractivity contribution in [3.8, 4) is 5.75 Å². The van der Waals surface area contributed by atoms with Crippen LogP contribution in [0.3, 0.4) is 0 Å². The van der Waals surface area contributed by atoms with Gasteiger partial charge >= 0.3 is 0 Å². The Kier molecular flexibility index (Phi) is 45.5. The number of rotatable bonds is 21. The number of aromatic nitrogens is 2. The zero-order valence-electron chi connectivity index (χ0n) is 81.6. The van der Waals surface area contributed by atoms with Crippen LogP contribution in [0, 0.1) is 16.7 Å². The first-order valence-electron chi connectivity index (χ1n) is 45.1. The molecule has 2 aromatic rings. The van der Waals surface area contributed by atoms with E-state index in [0.29, 0.717) is 65.8 Å². The molecule has 0 bridgehead atoms. The third kappa shape index (κ3) is 51.5. The Bertz CT molecular complexity index is 2840. The molecule has 18 nitrogen and oxygen atoms in total. The predicted molar refractivity (Wildman–Crippen MR) is 489 cm³/mol. The van der Waals surface area contributed by atoms with Crippen LogP contribution in [0.15, 0.2) is 36.7 Å². The fraction of sp³-hybridized carbons (Fsp3) is 0.885. The Morgan fingerprint density at radius 1 is 0.474 bits per heavy atom. The molecule has 114 heavy (non-hydrogen) atoms. The largest absolute Gasteiger partial charge is 0.490 e. The molecule has 1 amide bonds. The summed E-state index contributed by atoms with van der Waals surface area (Å²) in [5.74, 6) is 3.27. The second-order valence-corrected chi connectivity index (χ2v) is 45.8. The summed E-state index contributed by atoms with van der Waals surface area (Å²) in [6, 6.07) is 10.1. The summed E-state index contributed by atoms with van der Waals surface area (Å²) < 4.78 is 28.6. The Morgan fingerprint density at radius 3 is 1.37 bits per heavy atom. The molecule has 8 rings (SSSR count). The van der Waals surface area contributed by atoms with E-state index in [-0.39, 0.29) is 44.2 Å². The van der Waals surface area contributed by atoms with Crippen molar-refractivity contribution in [1.82, 2.24) is 50.0 Å². The molecule has 4 saturated heterocycles. The maximum absolute atomic E-state index is 12.2. The zero-order valence-corrected chi connectivity index (χ0v) is 81.6. The fourth-order valence-corrected chi connectivity index (χ4v) is 13.9. The van der Waals surface area contributed by atoms with Crippen molar-refractivity contribution in [3.05, 3.63) is 47.9 Å². The number of nitrogens with two attached hydrogens (primary N) is 1. The molecular weight excluding hydrogens is 1420 g/mol. The van der Waals surface area contributed by atoms with Gasteiger partial charge in [0.05, 0.1) is 43.7 Å². The van der Waals surface area contributed by atoms with Gasteiger partial charge in [-0.1, -0.05) is 110 Å². The number of nitrogens with zero attached hydrogens (tertiary/aromatic N) is 9. The molecule has 0 spiro atoms. The monoisotopic (exact) mass is 1610 g/mol. The standard InChI is InChI=1S/C17H29N3.C17H28N2O.C17H34N2O.C16H34N2O.C15H32N2O.C10H21NO2.C4H10/c1-16(2,3)14-7-8-18-15(13-14)19-9-11-20(12-10-19)17(4,5)6;1-16(2,3)15-11-13(7-8-18-15)20-14-9-12(10-14)19-17(4,5)6;1-16(2,3)10-8-7-9-15(20)18-11-13-19(14-12-18)17(4,5)6;1-15(2,3)7-13-19-14-12-17-8-10-18(11-9-17)16(4,5)6;1-14(2,3)16-13-7-9-17(10-8-13)11-12-18-15(4,5)6;1-10(2,3)13-5-4-12-9-6-8(11)7-9;1-4(2)3/h7-8,13H,9-12H2,1-6H3;7-8,11-12,14,19H,9-10H2,1-6H3;7-14H2,1-6H3;7-14H2,1-6H3;13,16H,7-12H2,1-6H3;8-9H,4-7,11H2,1-3H3;4H,1-3H3. The molecule has 0 aromatic carbocycles. The van der Waals surface area contributed by atoms with E-state index in [1.807, 2.05) is 39.2 Å². The number of anilines is 1. The number of carbonyl (C=O) groups is 1. The number of hydrogen-bond acceptors (Lipinski definition) is 17. The minimum absolute atomic E-state index is 0.00782. The number of carbonyl (C=O) groups excluding carboxylic acids is 1. The van der Waals surface area contributed by atoms with E-state index >= 15 is 0 Å². The van der Waals surface area contributed by atoms with Crippen LogP contribution in [0.25, 0.3) is 0 Å². The van der Waals surface area contributed by atoms with Crippen molar-refractivity contribution < 1.29 is 28.5 Å². The van der Waals surface area contributed by atoms with Crippen molar-refractivity contribution in [1.29, 1.82) is 0 Å². The number of likely N-dealkylation sites (tertiary alicyclic amines) is 1. The van der Waals surface area contributed by atoms with Gasteiger partial charge in [-0.15, -0.1) is 0 Å². The number of ether oxygens (including phenoxy) is 5. The van der Waals surface area contributed by atoms with E-state index in [0.717, 1.165) is 160 Å². The predicted octanol–water partition coefficient (Wildman–Crippen LogP) is 19.0. The molecular formula is C96H188N12O6. The number of amides is 1. The lowest BCUT2D eigenvalue weighted by Crippen LogP contribution is -2.54. The maximum Gasteiger partial charge on any atom is 0.222 e. The van der Waals surface area contributed by atoms with Gasteiger partial charge in [-0.25, -0.2) is 4.98 Å². The quantitative estimate of drug-likeness (QED) is 0.101. The van der Waals surface area contributed by atoms with Gasteiger partial charge in [-0.2, -0.15) is 0 Å². The molecule has 6 aliphatic rings. The van der Waals surface area contributed by atoms with Crippen molar-refractivity contribution in [3.63, 3.8) is 0 Å². The average molecular weight is 1610 g/mol. The van der Waals surface area contributed by atoms with E-state index in [1.165, 1.54) is 64.1 Å². The summed E-state index contributed by atoms with van der Waals surface area (Å²) in [6.45, 7) is 101. The SMILES string of the molecule is CC(C)(C)CCCCC(=O)N1CCN(C(C)(C)C)CC1.CC(C)(C)CCOCCN1CCN(C(C)(C)C)CC1.CC(C)(C)NC1CC(Oc2ccnc(C(C)(C)C)c2)C1.CC(C)(C)NC1CCN(CCOC(C)(C)C)CC1.CC(C)(C)OCCOC1CC(N)C1.CC(C)(C)c1ccnc(N2CCN(C(C)(C)C)CC2)c1.CC(C)C. The summed E-state index contributed by atoms with van der Waals surface area (Å²) in [7, 11) is 0. The Balaban J connectivity index is 0.000000461. The zero-order chi connectivity index (χ0) is 87.1. The van der Waals surface area contributed by atoms with Crippen molar-refractivity contribution in [2.45, 2.75) is 400 Å². The number of piperazine rings is 3. The molecule has 6 fully saturated rings. The molecule has 4 N–H and O–H groups in total. The lowest BCUT2D eigenvalue weighted by atomic mass is 9.87. The van der Waals surface area contributed by atoms with Gasteiger partial charge in [0.25, 0.3) is 0 Å². The Hall–Kier alpha value is -3.11. The Labute approximate surface area is 705 Å². The molecule has 0 radical (unpaired) electrons. The van der Waals surface area contributed by atoms with Crippen molar-refractivity contribution in [2.75, 3.05) is 143 Å². The first kappa shape index (κ1) is 107. The molecule has 2 aliphatic carbocycles. The smallest absolute Gasteiger partial charge is 0.222 e. The average Bonchev–Trinajstić information content (AvgIpc) is 0.825. The van der Waals surface area contributed by atoms with E-state index in [1.54, 1.807) is 0 Å². The number of pyridine rings is 2. The van der Waals surface area contributed by atoms with Crippen LogP contribution in [0.1, 0.15) is 331 Å². The van der Waals surface area contributed by atoms with Crippen LogP contribution in [-0.2, 0) is 34.6 Å². The number of piperidine rings is 1. The summed E-state index contributed by atoms with van der Waals surface area (Å²) in [5.41, 5.74) is 10.3. The molecule has 4 aliphatic heterocycles.